The molecule has 0 aliphatic carbocycles. The number of rotatable bonds is 6. The van der Waals surface area contributed by atoms with Crippen LogP contribution in [0.3, 0.4) is 0 Å². The van der Waals surface area contributed by atoms with Crippen LogP contribution in [0.5, 0.6) is 5.75 Å². The average molecular weight is 442 g/mol. The molecule has 0 atom stereocenters. The van der Waals surface area contributed by atoms with Crippen LogP contribution in [-0.4, -0.2) is 40.3 Å². The quantitative estimate of drug-likeness (QED) is 0.419. The van der Waals surface area contributed by atoms with Gasteiger partial charge < -0.3 is 19.4 Å². The molecule has 8 nitrogen and oxygen atoms in total. The molecule has 0 aliphatic heterocycles. The van der Waals surface area contributed by atoms with Crippen LogP contribution in [0.2, 0.25) is 0 Å². The lowest BCUT2D eigenvalue weighted by Crippen LogP contribution is -2.36. The fraction of sp³-hybridized carbons (Fsp3) is 0.160. The van der Waals surface area contributed by atoms with Crippen molar-refractivity contribution in [1.82, 2.24) is 19.5 Å². The molecule has 33 heavy (non-hydrogen) atoms. The summed E-state index contributed by atoms with van der Waals surface area (Å²) in [5.41, 5.74) is 4.07. The summed E-state index contributed by atoms with van der Waals surface area (Å²) in [4.78, 5) is 35.8. The topological polar surface area (TPSA) is 102 Å². The summed E-state index contributed by atoms with van der Waals surface area (Å²) in [5.74, 6) is 0.773. The van der Waals surface area contributed by atoms with Gasteiger partial charge in [-0.15, -0.1) is 0 Å². The van der Waals surface area contributed by atoms with Crippen molar-refractivity contribution in [1.29, 1.82) is 0 Å². The van der Waals surface area contributed by atoms with Crippen molar-refractivity contribution >= 4 is 21.9 Å². The Morgan fingerprint density at radius 1 is 0.970 bits per heavy atom. The fourth-order valence-electron chi connectivity index (χ4n) is 4.07. The highest BCUT2D eigenvalue weighted by atomic mass is 16.5. The number of H-pyrrole nitrogens is 2. The van der Waals surface area contributed by atoms with Crippen LogP contribution in [0.1, 0.15) is 0 Å². The van der Waals surface area contributed by atoms with Crippen LogP contribution >= 0.6 is 0 Å². The van der Waals surface area contributed by atoms with Crippen LogP contribution in [-0.2, 0) is 11.3 Å². The van der Waals surface area contributed by atoms with Gasteiger partial charge in [-0.25, -0.2) is 9.78 Å². The smallest absolute Gasteiger partial charge is 0.328 e. The number of nitrogens with one attached hydrogen (secondary N) is 2. The number of nitrogens with zero attached hydrogens (tertiary/aromatic N) is 2. The van der Waals surface area contributed by atoms with E-state index in [-0.39, 0.29) is 18.7 Å². The van der Waals surface area contributed by atoms with E-state index in [2.05, 4.69) is 15.0 Å². The summed E-state index contributed by atoms with van der Waals surface area (Å²) in [6, 6.07) is 15.3. The number of hydrogen-bond acceptors (Lipinski definition) is 5. The van der Waals surface area contributed by atoms with Gasteiger partial charge in [0.15, 0.2) is 0 Å². The first kappa shape index (κ1) is 20.7. The Kier molecular flexibility index (Phi) is 5.27. The molecule has 2 aromatic carbocycles. The lowest BCUT2D eigenvalue weighted by Gasteiger charge is -2.09. The summed E-state index contributed by atoms with van der Waals surface area (Å²) < 4.78 is 11.7. The van der Waals surface area contributed by atoms with Gasteiger partial charge >= 0.3 is 5.69 Å². The van der Waals surface area contributed by atoms with E-state index in [1.807, 2.05) is 42.6 Å². The summed E-state index contributed by atoms with van der Waals surface area (Å²) in [6.45, 7) is 0.456. The zero-order valence-electron chi connectivity index (χ0n) is 18.2. The molecule has 5 rings (SSSR count). The van der Waals surface area contributed by atoms with E-state index in [4.69, 9.17) is 9.47 Å². The van der Waals surface area contributed by atoms with Crippen LogP contribution in [0.4, 0.5) is 0 Å². The minimum Gasteiger partial charge on any atom is -0.496 e. The first-order valence-corrected chi connectivity index (χ1v) is 10.5. The number of methoxy groups -OCH3 is 2. The first-order chi connectivity index (χ1) is 16.1. The van der Waals surface area contributed by atoms with E-state index in [1.165, 1.54) is 7.11 Å². The summed E-state index contributed by atoms with van der Waals surface area (Å²) in [6.07, 6.45) is 3.68. The monoisotopic (exact) mass is 442 g/mol. The predicted octanol–water partition coefficient (Wildman–Crippen LogP) is 3.56. The summed E-state index contributed by atoms with van der Waals surface area (Å²) in [7, 11) is 3.18. The van der Waals surface area contributed by atoms with Crippen molar-refractivity contribution in [3.63, 3.8) is 0 Å². The van der Waals surface area contributed by atoms with E-state index >= 15 is 0 Å². The van der Waals surface area contributed by atoms with Gasteiger partial charge in [0.2, 0.25) is 0 Å². The van der Waals surface area contributed by atoms with Gasteiger partial charge in [-0.1, -0.05) is 24.3 Å². The Hall–Kier alpha value is -4.17. The molecule has 3 heterocycles. The lowest BCUT2D eigenvalue weighted by atomic mass is 10.0. The van der Waals surface area contributed by atoms with Crippen LogP contribution in [0.25, 0.3) is 44.2 Å². The van der Waals surface area contributed by atoms with Gasteiger partial charge in [0.1, 0.15) is 11.4 Å². The SMILES string of the molecule is COCCn1c(=O)[nH]c2ccc(-c3cnc4[nH]cc(-c5ccccc5OC)c4c3)cc2c1=O. The van der Waals surface area contributed by atoms with Crippen LogP contribution < -0.4 is 16.0 Å². The second-order valence-corrected chi connectivity index (χ2v) is 7.66. The Morgan fingerprint density at radius 3 is 2.61 bits per heavy atom. The highest BCUT2D eigenvalue weighted by Gasteiger charge is 2.14. The van der Waals surface area contributed by atoms with Crippen molar-refractivity contribution in [3.8, 4) is 28.0 Å². The Morgan fingerprint density at radius 2 is 1.79 bits per heavy atom. The summed E-state index contributed by atoms with van der Waals surface area (Å²) >= 11 is 0. The van der Waals surface area contributed by atoms with Crippen molar-refractivity contribution in [2.24, 2.45) is 0 Å². The number of aromatic amines is 2. The third-order valence-electron chi connectivity index (χ3n) is 5.76. The molecule has 8 heteroatoms. The number of ether oxygens (including phenoxy) is 2. The van der Waals surface area contributed by atoms with Gasteiger partial charge in [-0.3, -0.25) is 9.36 Å². The van der Waals surface area contributed by atoms with Gasteiger partial charge in [0, 0.05) is 41.6 Å². The fourth-order valence-corrected chi connectivity index (χ4v) is 4.07. The maximum Gasteiger partial charge on any atom is 0.328 e. The number of para-hydroxylation sites is 1. The van der Waals surface area contributed by atoms with E-state index in [0.717, 1.165) is 43.6 Å². The number of fused-ring (bicyclic) bond motifs is 2. The molecule has 0 radical (unpaired) electrons. The van der Waals surface area contributed by atoms with Crippen LogP contribution in [0, 0.1) is 0 Å². The van der Waals surface area contributed by atoms with Gasteiger partial charge in [0.25, 0.3) is 5.56 Å². The molecule has 0 saturated carbocycles. The molecule has 0 spiro atoms. The number of benzene rings is 2. The van der Waals surface area contributed by atoms with Gasteiger partial charge in [-0.05, 0) is 29.8 Å². The lowest BCUT2D eigenvalue weighted by molar-refractivity contribution is 0.185. The molecule has 0 saturated heterocycles. The van der Waals surface area contributed by atoms with Crippen molar-refractivity contribution in [2.75, 3.05) is 20.8 Å². The molecule has 0 aliphatic rings. The first-order valence-electron chi connectivity index (χ1n) is 10.5. The molecule has 3 aromatic heterocycles. The average Bonchev–Trinajstić information content (AvgIpc) is 3.27. The Bertz CT molecular complexity index is 1600. The highest BCUT2D eigenvalue weighted by molar-refractivity contribution is 5.97. The summed E-state index contributed by atoms with van der Waals surface area (Å²) in [5, 5.41) is 1.37. The molecular weight excluding hydrogens is 420 g/mol. The number of aromatic nitrogens is 4. The number of hydrogen-bond donors (Lipinski definition) is 2. The maximum atomic E-state index is 13.0. The van der Waals surface area contributed by atoms with Gasteiger partial charge in [-0.2, -0.15) is 0 Å². The molecule has 2 N–H and O–H groups in total. The van der Waals surface area contributed by atoms with Crippen LogP contribution in [0.15, 0.2) is 70.5 Å². The normalized spacial score (nSPS) is 11.3. The predicted molar refractivity (Wildman–Crippen MR) is 128 cm³/mol. The third kappa shape index (κ3) is 3.60. The zero-order valence-corrected chi connectivity index (χ0v) is 18.2. The standard InChI is InChI=1S/C25H22N4O4/c1-32-10-9-29-24(30)19-11-15(7-8-21(19)28-25(29)31)16-12-18-20(14-27-23(18)26-13-16)17-5-3-4-6-22(17)33-2/h3-8,11-14H,9-10H2,1-2H3,(H,26,27)(H,28,31). The van der Waals surface area contributed by atoms with E-state index in [0.29, 0.717) is 10.9 Å². The molecule has 166 valence electrons. The molecule has 5 aromatic rings. The number of pyridine rings is 1. The minimum absolute atomic E-state index is 0.184. The van der Waals surface area contributed by atoms with Crippen molar-refractivity contribution < 1.29 is 9.47 Å². The maximum absolute atomic E-state index is 13.0. The van der Waals surface area contributed by atoms with Gasteiger partial charge in [0.05, 0.1) is 31.2 Å². The molecule has 0 amide bonds. The Labute approximate surface area is 188 Å². The molecular formula is C25H22N4O4. The van der Waals surface area contributed by atoms with E-state index in [9.17, 15) is 9.59 Å². The second kappa shape index (κ2) is 8.40. The molecule has 0 bridgehead atoms. The van der Waals surface area contributed by atoms with E-state index in [1.54, 1.807) is 25.4 Å². The zero-order chi connectivity index (χ0) is 22.9. The second-order valence-electron chi connectivity index (χ2n) is 7.66. The van der Waals surface area contributed by atoms with E-state index < -0.39 is 5.69 Å². The third-order valence-corrected chi connectivity index (χ3v) is 5.76. The van der Waals surface area contributed by atoms with Crippen molar-refractivity contribution in [2.45, 2.75) is 6.54 Å². The highest BCUT2D eigenvalue weighted by Crippen LogP contribution is 2.36. The van der Waals surface area contributed by atoms with Crippen molar-refractivity contribution in [3.05, 3.63) is 81.8 Å². The Balaban J connectivity index is 1.65. The molecule has 0 fully saturated rings. The molecule has 0 unspecified atom stereocenters. The minimum atomic E-state index is -0.450. The largest absolute Gasteiger partial charge is 0.496 e.